The third-order valence-corrected chi connectivity index (χ3v) is 3.40. The summed E-state index contributed by atoms with van der Waals surface area (Å²) >= 11 is 0. The molecule has 0 atom stereocenters. The lowest BCUT2D eigenvalue weighted by molar-refractivity contribution is 0.814. The van der Waals surface area contributed by atoms with Crippen LogP contribution >= 0.6 is 0 Å². The minimum absolute atomic E-state index is 0.857. The molecule has 0 bridgehead atoms. The van der Waals surface area contributed by atoms with Crippen LogP contribution in [0.2, 0.25) is 0 Å². The molecule has 0 saturated carbocycles. The number of H-pyrrole nitrogens is 1. The van der Waals surface area contributed by atoms with Crippen molar-refractivity contribution >= 4 is 16.9 Å². The number of imidazole rings is 1. The van der Waals surface area contributed by atoms with Gasteiger partial charge in [-0.1, -0.05) is 12.1 Å². The Bertz CT molecular complexity index is 714. The molecular formula is C16H19N5. The molecule has 0 spiro atoms. The number of hydrogen-bond donors (Lipinski definition) is 2. The van der Waals surface area contributed by atoms with E-state index in [1.54, 1.807) is 6.20 Å². The number of aryl methyl sites for hydroxylation is 3. The average molecular weight is 281 g/mol. The molecule has 0 unspecified atom stereocenters. The smallest absolute Gasteiger partial charge is 0.147 e. The first-order valence-corrected chi connectivity index (χ1v) is 7.20. The van der Waals surface area contributed by atoms with Crippen molar-refractivity contribution in [2.45, 2.75) is 26.7 Å². The molecule has 3 aromatic rings. The van der Waals surface area contributed by atoms with Crippen LogP contribution < -0.4 is 5.32 Å². The van der Waals surface area contributed by atoms with Gasteiger partial charge in [0.2, 0.25) is 0 Å². The molecule has 0 amide bonds. The van der Waals surface area contributed by atoms with Crippen LogP contribution in [0, 0.1) is 13.8 Å². The Kier molecular flexibility index (Phi) is 3.81. The number of benzene rings is 1. The van der Waals surface area contributed by atoms with E-state index >= 15 is 0 Å². The molecule has 2 N–H and O–H groups in total. The van der Waals surface area contributed by atoms with Gasteiger partial charge < -0.3 is 10.3 Å². The molecule has 0 radical (unpaired) electrons. The summed E-state index contributed by atoms with van der Waals surface area (Å²) in [7, 11) is 0. The lowest BCUT2D eigenvalue weighted by atomic mass is 10.3. The second kappa shape index (κ2) is 5.91. The molecule has 21 heavy (non-hydrogen) atoms. The number of aromatic nitrogens is 4. The van der Waals surface area contributed by atoms with E-state index < -0.39 is 0 Å². The molecular weight excluding hydrogens is 262 g/mol. The van der Waals surface area contributed by atoms with Gasteiger partial charge in [0.1, 0.15) is 11.6 Å². The van der Waals surface area contributed by atoms with Crippen molar-refractivity contribution in [3.63, 3.8) is 0 Å². The third-order valence-electron chi connectivity index (χ3n) is 3.40. The summed E-state index contributed by atoms with van der Waals surface area (Å²) in [6, 6.07) is 8.10. The Hall–Kier alpha value is -2.43. The van der Waals surface area contributed by atoms with Crippen LogP contribution in [0.25, 0.3) is 11.0 Å². The second-order valence-corrected chi connectivity index (χ2v) is 5.18. The Labute approximate surface area is 123 Å². The SMILES string of the molecule is Cc1cnc(C)c(NCCCc2nc3ccccc3[nH]2)n1. The second-order valence-electron chi connectivity index (χ2n) is 5.18. The number of fused-ring (bicyclic) bond motifs is 1. The van der Waals surface area contributed by atoms with Gasteiger partial charge in [0.25, 0.3) is 0 Å². The van der Waals surface area contributed by atoms with Crippen molar-refractivity contribution in [1.82, 2.24) is 19.9 Å². The summed E-state index contributed by atoms with van der Waals surface area (Å²) in [5.74, 6) is 1.91. The highest BCUT2D eigenvalue weighted by atomic mass is 15.0. The number of nitrogens with zero attached hydrogens (tertiary/aromatic N) is 3. The predicted molar refractivity (Wildman–Crippen MR) is 84.4 cm³/mol. The number of nitrogens with one attached hydrogen (secondary N) is 2. The molecule has 1 aromatic carbocycles. The van der Waals surface area contributed by atoms with Gasteiger partial charge in [0.05, 0.1) is 22.4 Å². The van der Waals surface area contributed by atoms with Crippen LogP contribution in [0.3, 0.4) is 0 Å². The van der Waals surface area contributed by atoms with Gasteiger partial charge in [0, 0.05) is 19.2 Å². The highest BCUT2D eigenvalue weighted by Crippen LogP contribution is 2.12. The van der Waals surface area contributed by atoms with Crippen LogP contribution in [-0.4, -0.2) is 26.5 Å². The fourth-order valence-electron chi connectivity index (χ4n) is 2.29. The van der Waals surface area contributed by atoms with E-state index in [0.29, 0.717) is 0 Å². The average Bonchev–Trinajstić information content (AvgIpc) is 2.89. The summed E-state index contributed by atoms with van der Waals surface area (Å²) in [5, 5.41) is 3.34. The first kappa shape index (κ1) is 13.5. The molecule has 2 aromatic heterocycles. The lowest BCUT2D eigenvalue weighted by Gasteiger charge is -2.07. The number of hydrogen-bond acceptors (Lipinski definition) is 4. The third kappa shape index (κ3) is 3.18. The summed E-state index contributed by atoms with van der Waals surface area (Å²) in [5.41, 5.74) is 3.99. The summed E-state index contributed by atoms with van der Waals surface area (Å²) in [6.07, 6.45) is 3.70. The maximum Gasteiger partial charge on any atom is 0.147 e. The Balaban J connectivity index is 1.55. The molecule has 3 rings (SSSR count). The van der Waals surface area contributed by atoms with E-state index in [2.05, 4.69) is 31.3 Å². The van der Waals surface area contributed by atoms with Crippen molar-refractivity contribution in [3.8, 4) is 0 Å². The molecule has 5 heteroatoms. The summed E-state index contributed by atoms with van der Waals surface area (Å²) < 4.78 is 0. The van der Waals surface area contributed by atoms with E-state index in [9.17, 15) is 0 Å². The van der Waals surface area contributed by atoms with Crippen molar-refractivity contribution < 1.29 is 0 Å². The monoisotopic (exact) mass is 281 g/mol. The maximum atomic E-state index is 4.58. The van der Waals surface area contributed by atoms with E-state index in [4.69, 9.17) is 0 Å². The zero-order valence-corrected chi connectivity index (χ0v) is 12.3. The van der Waals surface area contributed by atoms with Gasteiger partial charge in [-0.25, -0.2) is 9.97 Å². The molecule has 0 fully saturated rings. The largest absolute Gasteiger partial charge is 0.369 e. The van der Waals surface area contributed by atoms with Gasteiger partial charge in [-0.15, -0.1) is 0 Å². The summed E-state index contributed by atoms with van der Waals surface area (Å²) in [6.45, 7) is 4.77. The van der Waals surface area contributed by atoms with Crippen LogP contribution in [-0.2, 0) is 6.42 Å². The van der Waals surface area contributed by atoms with E-state index in [1.807, 2.05) is 32.0 Å². The standard InChI is InChI=1S/C16H19N5/c1-11-10-18-12(2)16(19-11)17-9-5-8-15-20-13-6-3-4-7-14(13)21-15/h3-4,6-7,10H,5,8-9H2,1-2H3,(H,17,19)(H,20,21). The Morgan fingerprint density at radius 2 is 2.00 bits per heavy atom. The first-order chi connectivity index (χ1) is 10.2. The maximum absolute atomic E-state index is 4.58. The fourth-order valence-corrected chi connectivity index (χ4v) is 2.29. The first-order valence-electron chi connectivity index (χ1n) is 7.20. The Morgan fingerprint density at radius 3 is 2.86 bits per heavy atom. The molecule has 2 heterocycles. The minimum atomic E-state index is 0.857. The van der Waals surface area contributed by atoms with Crippen molar-refractivity contribution in [2.24, 2.45) is 0 Å². The van der Waals surface area contributed by atoms with Crippen LogP contribution in [0.5, 0.6) is 0 Å². The normalized spacial score (nSPS) is 11.0. The molecule has 5 nitrogen and oxygen atoms in total. The predicted octanol–water partition coefficient (Wildman–Crippen LogP) is 3.01. The van der Waals surface area contributed by atoms with Gasteiger partial charge >= 0.3 is 0 Å². The van der Waals surface area contributed by atoms with Crippen LogP contribution in [0.15, 0.2) is 30.5 Å². The van der Waals surface area contributed by atoms with Crippen molar-refractivity contribution in [1.29, 1.82) is 0 Å². The fraction of sp³-hybridized carbons (Fsp3) is 0.312. The number of aromatic amines is 1. The molecule has 0 saturated heterocycles. The molecule has 0 aliphatic rings. The molecule has 0 aliphatic carbocycles. The van der Waals surface area contributed by atoms with E-state index in [1.165, 1.54) is 0 Å². The van der Waals surface area contributed by atoms with E-state index in [-0.39, 0.29) is 0 Å². The zero-order chi connectivity index (χ0) is 14.7. The van der Waals surface area contributed by atoms with Crippen molar-refractivity contribution in [2.75, 3.05) is 11.9 Å². The number of rotatable bonds is 5. The van der Waals surface area contributed by atoms with Crippen LogP contribution in [0.4, 0.5) is 5.82 Å². The molecule has 108 valence electrons. The van der Waals surface area contributed by atoms with Crippen LogP contribution in [0.1, 0.15) is 23.6 Å². The van der Waals surface area contributed by atoms with E-state index in [0.717, 1.165) is 53.4 Å². The number of anilines is 1. The highest BCUT2D eigenvalue weighted by molar-refractivity contribution is 5.74. The lowest BCUT2D eigenvalue weighted by Crippen LogP contribution is -2.08. The Morgan fingerprint density at radius 1 is 1.14 bits per heavy atom. The van der Waals surface area contributed by atoms with Gasteiger partial charge in [0.15, 0.2) is 0 Å². The topological polar surface area (TPSA) is 66.5 Å². The quantitative estimate of drug-likeness (QED) is 0.705. The zero-order valence-electron chi connectivity index (χ0n) is 12.3. The summed E-state index contributed by atoms with van der Waals surface area (Å²) in [4.78, 5) is 16.7. The minimum Gasteiger partial charge on any atom is -0.369 e. The van der Waals surface area contributed by atoms with Crippen molar-refractivity contribution in [3.05, 3.63) is 47.7 Å². The molecule has 0 aliphatic heterocycles. The highest BCUT2D eigenvalue weighted by Gasteiger charge is 2.03. The van der Waals surface area contributed by atoms with Gasteiger partial charge in [-0.05, 0) is 32.4 Å². The number of para-hydroxylation sites is 2. The van der Waals surface area contributed by atoms with Gasteiger partial charge in [-0.3, -0.25) is 4.98 Å². The van der Waals surface area contributed by atoms with Gasteiger partial charge in [-0.2, -0.15) is 0 Å².